The first kappa shape index (κ1) is 16.8. The first-order valence-corrected chi connectivity index (χ1v) is 9.33. The van der Waals surface area contributed by atoms with Crippen LogP contribution in [-0.2, 0) is 16.9 Å². The summed E-state index contributed by atoms with van der Waals surface area (Å²) in [5.41, 5.74) is -0.628. The van der Waals surface area contributed by atoms with E-state index in [4.69, 9.17) is 14.0 Å². The fourth-order valence-electron chi connectivity index (χ4n) is 3.20. The Hall–Kier alpha value is -3.40. The predicted molar refractivity (Wildman–Crippen MR) is 96.6 cm³/mol. The van der Waals surface area contributed by atoms with Crippen molar-refractivity contribution in [1.29, 1.82) is 0 Å². The molecule has 0 saturated carbocycles. The molecule has 2 aromatic heterocycles. The first-order valence-electron chi connectivity index (χ1n) is 8.45. The van der Waals surface area contributed by atoms with Crippen LogP contribution in [0.2, 0.25) is 0 Å². The molecule has 5 rings (SSSR count). The lowest BCUT2D eigenvalue weighted by atomic mass is 9.91. The normalized spacial score (nSPS) is 20.7. The van der Waals surface area contributed by atoms with Gasteiger partial charge in [-0.1, -0.05) is 17.3 Å². The molecule has 1 aromatic carbocycles. The summed E-state index contributed by atoms with van der Waals surface area (Å²) in [5.74, 6) is 1.34. The zero-order chi connectivity index (χ0) is 19.3. The van der Waals surface area contributed by atoms with E-state index in [2.05, 4.69) is 15.5 Å². The minimum atomic E-state index is -1.23. The van der Waals surface area contributed by atoms with E-state index in [1.807, 2.05) is 17.5 Å². The Bertz CT molecular complexity index is 1080. The second-order valence-corrected chi connectivity index (χ2v) is 7.45. The summed E-state index contributed by atoms with van der Waals surface area (Å²) in [5, 5.41) is 8.56. The lowest BCUT2D eigenvalue weighted by Gasteiger charge is -2.22. The fourth-order valence-corrected chi connectivity index (χ4v) is 3.85. The third-order valence-corrected chi connectivity index (χ3v) is 5.59. The van der Waals surface area contributed by atoms with Crippen LogP contribution in [0.5, 0.6) is 11.5 Å². The molecule has 0 aliphatic carbocycles. The van der Waals surface area contributed by atoms with Crippen molar-refractivity contribution in [3.8, 4) is 22.2 Å². The van der Waals surface area contributed by atoms with Crippen LogP contribution in [0.4, 0.5) is 4.79 Å². The van der Waals surface area contributed by atoms with Crippen LogP contribution in [0.3, 0.4) is 0 Å². The average molecular weight is 398 g/mol. The molecular formula is C18H14N4O5S. The number of benzene rings is 1. The lowest BCUT2D eigenvalue weighted by molar-refractivity contribution is -0.131. The largest absolute Gasteiger partial charge is 0.454 e. The van der Waals surface area contributed by atoms with E-state index in [9.17, 15) is 9.59 Å². The van der Waals surface area contributed by atoms with Crippen molar-refractivity contribution in [2.75, 3.05) is 6.79 Å². The number of nitrogens with one attached hydrogen (secondary N) is 1. The van der Waals surface area contributed by atoms with Gasteiger partial charge in [-0.15, -0.1) is 11.3 Å². The average Bonchev–Trinajstić information content (AvgIpc) is 3.47. The number of hydrogen-bond donors (Lipinski definition) is 1. The van der Waals surface area contributed by atoms with E-state index in [0.29, 0.717) is 22.9 Å². The van der Waals surface area contributed by atoms with Gasteiger partial charge in [0.05, 0.1) is 4.88 Å². The molecule has 4 heterocycles. The Morgan fingerprint density at radius 1 is 1.25 bits per heavy atom. The van der Waals surface area contributed by atoms with Crippen molar-refractivity contribution in [2.45, 2.75) is 19.0 Å². The Balaban J connectivity index is 1.40. The molecule has 3 amide bonds. The number of carbonyl (C=O) groups is 2. The molecule has 1 saturated heterocycles. The number of thiophene rings is 1. The smallest absolute Gasteiger partial charge is 0.325 e. The van der Waals surface area contributed by atoms with Crippen LogP contribution in [0.1, 0.15) is 18.4 Å². The van der Waals surface area contributed by atoms with Crippen molar-refractivity contribution >= 4 is 23.3 Å². The zero-order valence-electron chi connectivity index (χ0n) is 14.7. The predicted octanol–water partition coefficient (Wildman–Crippen LogP) is 2.49. The molecule has 3 aromatic rings. The number of fused-ring (bicyclic) bond motifs is 1. The second-order valence-electron chi connectivity index (χ2n) is 6.50. The van der Waals surface area contributed by atoms with Crippen LogP contribution < -0.4 is 14.8 Å². The molecule has 1 fully saturated rings. The molecule has 1 N–H and O–H groups in total. The van der Waals surface area contributed by atoms with Gasteiger partial charge in [0.15, 0.2) is 11.5 Å². The quantitative estimate of drug-likeness (QED) is 0.673. The molecule has 2 aliphatic heterocycles. The number of imide groups is 1. The van der Waals surface area contributed by atoms with E-state index >= 15 is 0 Å². The van der Waals surface area contributed by atoms with Gasteiger partial charge in [-0.3, -0.25) is 9.69 Å². The molecular weight excluding hydrogens is 384 g/mol. The maximum Gasteiger partial charge on any atom is 0.325 e. The molecule has 9 nitrogen and oxygen atoms in total. The minimum Gasteiger partial charge on any atom is -0.454 e. The van der Waals surface area contributed by atoms with Crippen LogP contribution >= 0.6 is 11.3 Å². The van der Waals surface area contributed by atoms with Crippen molar-refractivity contribution in [3.05, 3.63) is 47.2 Å². The summed E-state index contributed by atoms with van der Waals surface area (Å²) >= 11 is 1.47. The molecule has 1 unspecified atom stereocenters. The second kappa shape index (κ2) is 6.06. The van der Waals surface area contributed by atoms with Gasteiger partial charge in [0, 0.05) is 0 Å². The number of rotatable bonds is 4. The monoisotopic (exact) mass is 398 g/mol. The standard InChI is InChI=1S/C18H14N4O5S/c1-18(10-4-5-11-12(7-10)26-9-25-11)16(23)22(17(24)20-18)8-14-19-15(21-27-14)13-3-2-6-28-13/h2-7H,8-9H2,1H3,(H,20,24). The maximum absolute atomic E-state index is 13.1. The van der Waals surface area contributed by atoms with Crippen LogP contribution in [0, 0.1) is 0 Å². The molecule has 2 aliphatic rings. The Kier molecular flexibility index (Phi) is 3.63. The van der Waals surface area contributed by atoms with E-state index in [1.54, 1.807) is 25.1 Å². The van der Waals surface area contributed by atoms with Gasteiger partial charge in [-0.25, -0.2) is 4.79 Å². The highest BCUT2D eigenvalue weighted by Gasteiger charge is 2.49. The Morgan fingerprint density at radius 2 is 2.11 bits per heavy atom. The highest BCUT2D eigenvalue weighted by atomic mass is 32.1. The molecule has 0 spiro atoms. The highest BCUT2D eigenvalue weighted by molar-refractivity contribution is 7.13. The van der Waals surface area contributed by atoms with Gasteiger partial charge in [0.2, 0.25) is 18.5 Å². The van der Waals surface area contributed by atoms with Crippen LogP contribution in [0.25, 0.3) is 10.7 Å². The molecule has 142 valence electrons. The molecule has 0 bridgehead atoms. The number of urea groups is 1. The van der Waals surface area contributed by atoms with Crippen LogP contribution in [-0.4, -0.2) is 33.8 Å². The van der Waals surface area contributed by atoms with Gasteiger partial charge < -0.3 is 19.3 Å². The topological polar surface area (TPSA) is 107 Å². The number of carbonyl (C=O) groups excluding carboxylic acids is 2. The molecule has 28 heavy (non-hydrogen) atoms. The van der Waals surface area contributed by atoms with Crippen molar-refractivity contribution < 1.29 is 23.6 Å². The third kappa shape index (κ3) is 2.53. The minimum absolute atomic E-state index is 0.108. The van der Waals surface area contributed by atoms with Gasteiger partial charge in [-0.2, -0.15) is 4.98 Å². The molecule has 1 atom stereocenters. The first-order chi connectivity index (χ1) is 13.5. The summed E-state index contributed by atoms with van der Waals surface area (Å²) in [4.78, 5) is 31.7. The summed E-state index contributed by atoms with van der Waals surface area (Å²) in [6, 6.07) is 8.37. The van der Waals surface area contributed by atoms with E-state index in [1.165, 1.54) is 11.3 Å². The van der Waals surface area contributed by atoms with Crippen LogP contribution in [0.15, 0.2) is 40.2 Å². The number of amides is 3. The van der Waals surface area contributed by atoms with Crippen molar-refractivity contribution in [1.82, 2.24) is 20.4 Å². The number of hydrogen-bond acceptors (Lipinski definition) is 8. The van der Waals surface area contributed by atoms with E-state index < -0.39 is 17.5 Å². The van der Waals surface area contributed by atoms with E-state index in [-0.39, 0.29) is 19.2 Å². The van der Waals surface area contributed by atoms with Gasteiger partial charge >= 0.3 is 6.03 Å². The highest BCUT2D eigenvalue weighted by Crippen LogP contribution is 2.38. The third-order valence-electron chi connectivity index (χ3n) is 4.73. The Labute approximate surface area is 162 Å². The number of aromatic nitrogens is 2. The SMILES string of the molecule is CC1(c2ccc3c(c2)OCO3)NC(=O)N(Cc2nc(-c3cccs3)no2)C1=O. The molecule has 0 radical (unpaired) electrons. The van der Waals surface area contributed by atoms with Gasteiger partial charge in [0.25, 0.3) is 5.91 Å². The molecule has 10 heteroatoms. The number of nitrogens with zero attached hydrogens (tertiary/aromatic N) is 3. The fraction of sp³-hybridized carbons (Fsp3) is 0.222. The summed E-state index contributed by atoms with van der Waals surface area (Å²) < 4.78 is 15.9. The summed E-state index contributed by atoms with van der Waals surface area (Å²) in [6.45, 7) is 1.67. The maximum atomic E-state index is 13.1. The van der Waals surface area contributed by atoms with Crippen molar-refractivity contribution in [3.63, 3.8) is 0 Å². The van der Waals surface area contributed by atoms with E-state index in [0.717, 1.165) is 9.78 Å². The zero-order valence-corrected chi connectivity index (χ0v) is 15.5. The van der Waals surface area contributed by atoms with Gasteiger partial charge in [-0.05, 0) is 36.1 Å². The van der Waals surface area contributed by atoms with Gasteiger partial charge in [0.1, 0.15) is 12.1 Å². The summed E-state index contributed by atoms with van der Waals surface area (Å²) in [6.07, 6.45) is 0. The number of ether oxygens (including phenoxy) is 2. The summed E-state index contributed by atoms with van der Waals surface area (Å²) in [7, 11) is 0. The lowest BCUT2D eigenvalue weighted by Crippen LogP contribution is -2.40. The Morgan fingerprint density at radius 3 is 2.93 bits per heavy atom. The van der Waals surface area contributed by atoms with Crippen molar-refractivity contribution in [2.24, 2.45) is 0 Å².